The second kappa shape index (κ2) is 7.45. The number of fused-ring (bicyclic) bond motifs is 1. The van der Waals surface area contributed by atoms with Gasteiger partial charge in [-0.3, -0.25) is 4.79 Å². The zero-order valence-electron chi connectivity index (χ0n) is 14.8. The van der Waals surface area contributed by atoms with Gasteiger partial charge in [0.1, 0.15) is 5.76 Å². The first-order valence-corrected chi connectivity index (χ1v) is 8.83. The molecule has 6 heteroatoms. The van der Waals surface area contributed by atoms with Crippen LogP contribution < -0.4 is 15.8 Å². The minimum atomic E-state index is -0.547. The van der Waals surface area contributed by atoms with Crippen molar-refractivity contribution < 1.29 is 18.7 Å². The molecule has 1 aliphatic heterocycles. The molecule has 6 nitrogen and oxygen atoms in total. The van der Waals surface area contributed by atoms with Gasteiger partial charge in [-0.05, 0) is 38.8 Å². The van der Waals surface area contributed by atoms with E-state index >= 15 is 0 Å². The van der Waals surface area contributed by atoms with Crippen LogP contribution in [-0.4, -0.2) is 32.3 Å². The number of para-hydroxylation sites is 1. The first-order valence-electron chi connectivity index (χ1n) is 8.83. The third-order valence-corrected chi connectivity index (χ3v) is 4.92. The molecule has 25 heavy (non-hydrogen) atoms. The van der Waals surface area contributed by atoms with Crippen molar-refractivity contribution in [2.24, 2.45) is 11.1 Å². The van der Waals surface area contributed by atoms with Crippen LogP contribution in [0.4, 0.5) is 0 Å². The van der Waals surface area contributed by atoms with Gasteiger partial charge in [-0.25, -0.2) is 0 Å². The van der Waals surface area contributed by atoms with Crippen LogP contribution in [0.2, 0.25) is 0 Å². The Morgan fingerprint density at radius 1 is 1.40 bits per heavy atom. The van der Waals surface area contributed by atoms with Gasteiger partial charge in [0.05, 0.1) is 18.1 Å². The minimum Gasteiger partial charge on any atom is -0.490 e. The lowest BCUT2D eigenvalue weighted by Gasteiger charge is -2.35. The van der Waals surface area contributed by atoms with Gasteiger partial charge in [0, 0.05) is 25.1 Å². The van der Waals surface area contributed by atoms with Crippen LogP contribution in [0.1, 0.15) is 38.5 Å². The van der Waals surface area contributed by atoms with E-state index in [1.165, 1.54) is 0 Å². The number of ether oxygens (including phenoxy) is 2. The lowest BCUT2D eigenvalue weighted by Crippen LogP contribution is -2.49. The average molecular weight is 346 g/mol. The summed E-state index contributed by atoms with van der Waals surface area (Å²) < 4.78 is 17.0. The zero-order valence-corrected chi connectivity index (χ0v) is 14.8. The Bertz CT molecular complexity index is 734. The lowest BCUT2D eigenvalue weighted by atomic mass is 9.79. The van der Waals surface area contributed by atoms with Crippen LogP contribution in [0.25, 0.3) is 11.0 Å². The molecule has 3 N–H and O–H groups in total. The number of nitrogens with one attached hydrogen (secondary N) is 1. The zero-order chi connectivity index (χ0) is 17.9. The van der Waals surface area contributed by atoms with Gasteiger partial charge in [-0.15, -0.1) is 0 Å². The molecule has 136 valence electrons. The van der Waals surface area contributed by atoms with Gasteiger partial charge in [0.2, 0.25) is 5.91 Å². The SMILES string of the molecule is CCOc1cccc2cc(C(C)NC(=O)C3(CN)CCOCC3)oc12. The molecule has 3 rings (SSSR count). The fraction of sp³-hybridized carbons (Fsp3) is 0.526. The smallest absolute Gasteiger partial charge is 0.228 e. The summed E-state index contributed by atoms with van der Waals surface area (Å²) in [6, 6.07) is 7.48. The van der Waals surface area contributed by atoms with E-state index in [1.807, 2.05) is 38.1 Å². The molecule has 1 amide bonds. The summed E-state index contributed by atoms with van der Waals surface area (Å²) in [6.07, 6.45) is 1.30. The number of hydrogen-bond donors (Lipinski definition) is 2. The number of nitrogens with two attached hydrogens (primary N) is 1. The highest BCUT2D eigenvalue weighted by Crippen LogP contribution is 2.33. The quantitative estimate of drug-likeness (QED) is 0.840. The van der Waals surface area contributed by atoms with Gasteiger partial charge in [0.25, 0.3) is 0 Å². The van der Waals surface area contributed by atoms with E-state index in [9.17, 15) is 4.79 Å². The third-order valence-electron chi connectivity index (χ3n) is 4.92. The predicted molar refractivity (Wildman–Crippen MR) is 95.5 cm³/mol. The summed E-state index contributed by atoms with van der Waals surface area (Å²) in [5, 5.41) is 4.02. The summed E-state index contributed by atoms with van der Waals surface area (Å²) in [5.41, 5.74) is 6.07. The highest BCUT2D eigenvalue weighted by Gasteiger charge is 2.39. The number of benzene rings is 1. The number of carbonyl (C=O) groups is 1. The fourth-order valence-corrected chi connectivity index (χ4v) is 3.25. The second-order valence-electron chi connectivity index (χ2n) is 6.55. The molecule has 0 saturated carbocycles. The van der Waals surface area contributed by atoms with Crippen molar-refractivity contribution >= 4 is 16.9 Å². The van der Waals surface area contributed by atoms with Gasteiger partial charge in [0.15, 0.2) is 11.3 Å². The van der Waals surface area contributed by atoms with E-state index in [0.717, 1.165) is 5.39 Å². The van der Waals surface area contributed by atoms with Crippen molar-refractivity contribution in [2.45, 2.75) is 32.7 Å². The molecule has 0 bridgehead atoms. The van der Waals surface area contributed by atoms with E-state index in [1.54, 1.807) is 0 Å². The van der Waals surface area contributed by atoms with Gasteiger partial charge < -0.3 is 24.9 Å². The Morgan fingerprint density at radius 2 is 2.16 bits per heavy atom. The molecule has 1 aromatic carbocycles. The second-order valence-corrected chi connectivity index (χ2v) is 6.55. The largest absolute Gasteiger partial charge is 0.490 e. The van der Waals surface area contributed by atoms with Crippen molar-refractivity contribution in [3.05, 3.63) is 30.0 Å². The van der Waals surface area contributed by atoms with Crippen LogP contribution in [0.15, 0.2) is 28.7 Å². The highest BCUT2D eigenvalue weighted by molar-refractivity contribution is 5.85. The number of carbonyl (C=O) groups excluding carboxylic acids is 1. The number of hydrogen-bond acceptors (Lipinski definition) is 5. The summed E-state index contributed by atoms with van der Waals surface area (Å²) in [7, 11) is 0. The number of furan rings is 1. The minimum absolute atomic E-state index is 0.0312. The van der Waals surface area contributed by atoms with Crippen molar-refractivity contribution in [2.75, 3.05) is 26.4 Å². The molecular weight excluding hydrogens is 320 g/mol. The van der Waals surface area contributed by atoms with Crippen molar-refractivity contribution in [3.63, 3.8) is 0 Å². The van der Waals surface area contributed by atoms with Gasteiger partial charge in [-0.1, -0.05) is 12.1 Å². The van der Waals surface area contributed by atoms with Crippen LogP contribution in [0, 0.1) is 5.41 Å². The Labute approximate surface area is 147 Å². The molecule has 0 spiro atoms. The highest BCUT2D eigenvalue weighted by atomic mass is 16.5. The fourth-order valence-electron chi connectivity index (χ4n) is 3.25. The molecule has 1 atom stereocenters. The Hall–Kier alpha value is -2.05. The number of rotatable bonds is 6. The summed E-state index contributed by atoms with van der Waals surface area (Å²) >= 11 is 0. The first kappa shape index (κ1) is 17.8. The standard InChI is InChI=1S/C19H26N2O4/c1-3-24-15-6-4-5-14-11-16(25-17(14)15)13(2)21-18(22)19(12-20)7-9-23-10-8-19/h4-6,11,13H,3,7-10,12,20H2,1-2H3,(H,21,22). The molecule has 2 aromatic rings. The monoisotopic (exact) mass is 346 g/mol. The first-order chi connectivity index (χ1) is 12.1. The van der Waals surface area contributed by atoms with Gasteiger partial charge >= 0.3 is 0 Å². The van der Waals surface area contributed by atoms with Crippen molar-refractivity contribution in [1.29, 1.82) is 0 Å². The summed E-state index contributed by atoms with van der Waals surface area (Å²) in [6.45, 7) is 5.89. The van der Waals surface area contributed by atoms with E-state index in [2.05, 4.69) is 5.32 Å². The van der Waals surface area contributed by atoms with Crippen LogP contribution in [0.5, 0.6) is 5.75 Å². The van der Waals surface area contributed by atoms with E-state index < -0.39 is 5.41 Å². The molecular formula is C19H26N2O4. The van der Waals surface area contributed by atoms with E-state index in [0.29, 0.717) is 56.3 Å². The number of amides is 1. The topological polar surface area (TPSA) is 86.7 Å². The van der Waals surface area contributed by atoms with Crippen LogP contribution in [0.3, 0.4) is 0 Å². The Balaban J connectivity index is 1.78. The van der Waals surface area contributed by atoms with Gasteiger partial charge in [-0.2, -0.15) is 0 Å². The maximum atomic E-state index is 12.8. The lowest BCUT2D eigenvalue weighted by molar-refractivity contribution is -0.136. The molecule has 0 aliphatic carbocycles. The van der Waals surface area contributed by atoms with E-state index in [-0.39, 0.29) is 11.9 Å². The molecule has 0 radical (unpaired) electrons. The van der Waals surface area contributed by atoms with Crippen LogP contribution >= 0.6 is 0 Å². The molecule has 1 fully saturated rings. The maximum Gasteiger partial charge on any atom is 0.228 e. The maximum absolute atomic E-state index is 12.8. The van der Waals surface area contributed by atoms with Crippen molar-refractivity contribution in [1.82, 2.24) is 5.32 Å². The molecule has 1 saturated heterocycles. The molecule has 1 unspecified atom stereocenters. The average Bonchev–Trinajstić information content (AvgIpc) is 3.08. The van der Waals surface area contributed by atoms with Crippen molar-refractivity contribution in [3.8, 4) is 5.75 Å². The molecule has 1 aromatic heterocycles. The Kier molecular flexibility index (Phi) is 5.30. The normalized spacial score (nSPS) is 18.0. The summed E-state index contributed by atoms with van der Waals surface area (Å²) in [5.74, 6) is 1.39. The molecule has 1 aliphatic rings. The summed E-state index contributed by atoms with van der Waals surface area (Å²) in [4.78, 5) is 12.8. The Morgan fingerprint density at radius 3 is 2.84 bits per heavy atom. The van der Waals surface area contributed by atoms with Crippen LogP contribution in [-0.2, 0) is 9.53 Å². The molecule has 2 heterocycles. The third kappa shape index (κ3) is 3.50. The predicted octanol–water partition coefficient (Wildman–Crippen LogP) is 2.76. The van der Waals surface area contributed by atoms with E-state index in [4.69, 9.17) is 19.6 Å².